The van der Waals surface area contributed by atoms with Crippen LogP contribution in [0.3, 0.4) is 0 Å². The summed E-state index contributed by atoms with van der Waals surface area (Å²) in [5.41, 5.74) is 0.521. The lowest BCUT2D eigenvalue weighted by atomic mass is 10.00. The molecule has 1 N–H and O–H groups in total. The highest BCUT2D eigenvalue weighted by Crippen LogP contribution is 2.27. The van der Waals surface area contributed by atoms with Gasteiger partial charge in [0, 0.05) is 7.05 Å². The minimum atomic E-state index is -3.76. The average Bonchev–Trinajstić information content (AvgIpc) is 2.42. The van der Waals surface area contributed by atoms with Crippen molar-refractivity contribution in [3.05, 3.63) is 48.0 Å². The predicted octanol–water partition coefficient (Wildman–Crippen LogP) is 1.60. The Hall–Kier alpha value is -1.92. The zero-order chi connectivity index (χ0) is 14.8. The lowest BCUT2D eigenvalue weighted by molar-refractivity contribution is -0.127. The maximum atomic E-state index is 11.9. The first-order chi connectivity index (χ1) is 9.42. The molecule has 0 radical (unpaired) electrons. The molecule has 0 fully saturated rings. The Bertz CT molecular complexity index is 734. The number of hydrogen-bond donors (Lipinski definition) is 1. The monoisotopic (exact) mass is 293 g/mol. The molecule has 106 valence electrons. The summed E-state index contributed by atoms with van der Waals surface area (Å²) >= 11 is 0. The minimum Gasteiger partial charge on any atom is -0.357 e. The van der Waals surface area contributed by atoms with Gasteiger partial charge in [-0.15, -0.1) is 0 Å². The van der Waals surface area contributed by atoms with Crippen LogP contribution in [-0.2, 0) is 19.1 Å². The fraction of sp³-hybridized carbons (Fsp3) is 0.214. The van der Waals surface area contributed by atoms with E-state index in [0.717, 1.165) is 17.0 Å². The summed E-state index contributed by atoms with van der Waals surface area (Å²) < 4.78 is 27.7. The van der Waals surface area contributed by atoms with E-state index in [4.69, 9.17) is 4.18 Å². The van der Waals surface area contributed by atoms with Crippen LogP contribution in [0.1, 0.15) is 11.7 Å². The first-order valence-corrected chi connectivity index (χ1v) is 7.81. The lowest BCUT2D eigenvalue weighted by Gasteiger charge is -2.17. The van der Waals surface area contributed by atoms with Crippen LogP contribution in [0.5, 0.6) is 0 Å². The van der Waals surface area contributed by atoms with Crippen LogP contribution in [-0.4, -0.2) is 27.6 Å². The van der Waals surface area contributed by atoms with E-state index in [9.17, 15) is 13.2 Å². The maximum Gasteiger partial charge on any atom is 0.265 e. The summed E-state index contributed by atoms with van der Waals surface area (Å²) in [5, 5.41) is 4.12. The highest BCUT2D eigenvalue weighted by Gasteiger charge is 2.26. The van der Waals surface area contributed by atoms with Crippen LogP contribution < -0.4 is 5.32 Å². The van der Waals surface area contributed by atoms with Crippen molar-refractivity contribution in [2.24, 2.45) is 0 Å². The molecule has 2 rings (SSSR count). The topological polar surface area (TPSA) is 72.5 Å². The Labute approximate surface area is 117 Å². The Morgan fingerprint density at radius 3 is 2.45 bits per heavy atom. The van der Waals surface area contributed by atoms with E-state index in [1.807, 2.05) is 30.3 Å². The molecule has 1 atom stereocenters. The molecule has 0 saturated carbocycles. The van der Waals surface area contributed by atoms with Crippen LogP contribution in [0.15, 0.2) is 42.5 Å². The average molecular weight is 293 g/mol. The SMILES string of the molecule is CNC(=O)C(OS(C)(=O)=O)c1cccc2ccccc12. The standard InChI is InChI=1S/C14H15NO4S/c1-15-14(16)13(19-20(2,17)18)12-9-5-7-10-6-3-4-8-11(10)12/h3-9,13H,1-2H3,(H,15,16). The van der Waals surface area contributed by atoms with Gasteiger partial charge in [-0.25, -0.2) is 0 Å². The van der Waals surface area contributed by atoms with Crippen molar-refractivity contribution in [3.63, 3.8) is 0 Å². The van der Waals surface area contributed by atoms with E-state index < -0.39 is 22.1 Å². The summed E-state index contributed by atoms with van der Waals surface area (Å²) in [6.07, 6.45) is -0.269. The molecule has 0 aromatic heterocycles. The largest absolute Gasteiger partial charge is 0.357 e. The molecule has 1 unspecified atom stereocenters. The molecular weight excluding hydrogens is 278 g/mol. The highest BCUT2D eigenvalue weighted by molar-refractivity contribution is 7.86. The van der Waals surface area contributed by atoms with E-state index in [1.54, 1.807) is 12.1 Å². The molecule has 5 nitrogen and oxygen atoms in total. The van der Waals surface area contributed by atoms with Crippen LogP contribution in [0.2, 0.25) is 0 Å². The number of carbonyl (C=O) groups is 1. The smallest absolute Gasteiger partial charge is 0.265 e. The molecule has 0 spiro atoms. The fourth-order valence-corrected chi connectivity index (χ4v) is 2.56. The molecule has 1 amide bonds. The Balaban J connectivity index is 2.59. The molecule has 6 heteroatoms. The number of likely N-dealkylation sites (N-methyl/N-ethyl adjacent to an activating group) is 1. The highest BCUT2D eigenvalue weighted by atomic mass is 32.2. The second kappa shape index (κ2) is 5.60. The van der Waals surface area contributed by atoms with E-state index in [1.165, 1.54) is 7.05 Å². The van der Waals surface area contributed by atoms with Gasteiger partial charge in [-0.3, -0.25) is 8.98 Å². The van der Waals surface area contributed by atoms with Crippen molar-refractivity contribution in [2.45, 2.75) is 6.10 Å². The molecule has 2 aromatic rings. The van der Waals surface area contributed by atoms with E-state index in [2.05, 4.69) is 5.32 Å². The summed E-state index contributed by atoms with van der Waals surface area (Å²) in [5.74, 6) is -0.508. The van der Waals surface area contributed by atoms with Crippen molar-refractivity contribution < 1.29 is 17.4 Å². The number of fused-ring (bicyclic) bond motifs is 1. The van der Waals surface area contributed by atoms with Gasteiger partial charge in [0.25, 0.3) is 16.0 Å². The first-order valence-electron chi connectivity index (χ1n) is 6.00. The predicted molar refractivity (Wildman–Crippen MR) is 76.7 cm³/mol. The van der Waals surface area contributed by atoms with Crippen molar-refractivity contribution in [3.8, 4) is 0 Å². The molecule has 0 aliphatic rings. The van der Waals surface area contributed by atoms with Crippen LogP contribution in [0.4, 0.5) is 0 Å². The van der Waals surface area contributed by atoms with Gasteiger partial charge >= 0.3 is 0 Å². The Kier molecular flexibility index (Phi) is 4.06. The number of amides is 1. The summed E-state index contributed by atoms with van der Waals surface area (Å²) in [4.78, 5) is 11.9. The third-order valence-electron chi connectivity index (χ3n) is 2.86. The van der Waals surface area contributed by atoms with Crippen LogP contribution in [0, 0.1) is 0 Å². The van der Waals surface area contributed by atoms with Gasteiger partial charge in [0.1, 0.15) is 0 Å². The number of carbonyl (C=O) groups excluding carboxylic acids is 1. The number of hydrogen-bond acceptors (Lipinski definition) is 4. The second-order valence-electron chi connectivity index (χ2n) is 4.36. The normalized spacial score (nSPS) is 13.1. The molecule has 20 heavy (non-hydrogen) atoms. The van der Waals surface area contributed by atoms with Gasteiger partial charge < -0.3 is 5.32 Å². The van der Waals surface area contributed by atoms with Crippen molar-refractivity contribution in [1.82, 2.24) is 5.32 Å². The van der Waals surface area contributed by atoms with Crippen molar-refractivity contribution in [1.29, 1.82) is 0 Å². The molecular formula is C14H15NO4S. The van der Waals surface area contributed by atoms with Crippen molar-refractivity contribution in [2.75, 3.05) is 13.3 Å². The van der Waals surface area contributed by atoms with Gasteiger partial charge in [-0.1, -0.05) is 42.5 Å². The van der Waals surface area contributed by atoms with Gasteiger partial charge in [0.2, 0.25) is 0 Å². The van der Waals surface area contributed by atoms with E-state index in [0.29, 0.717) is 5.56 Å². The fourth-order valence-electron chi connectivity index (χ4n) is 2.02. The molecule has 0 bridgehead atoms. The Morgan fingerprint density at radius 2 is 1.80 bits per heavy atom. The van der Waals surface area contributed by atoms with E-state index in [-0.39, 0.29) is 0 Å². The van der Waals surface area contributed by atoms with Crippen molar-refractivity contribution >= 4 is 26.8 Å². The lowest BCUT2D eigenvalue weighted by Crippen LogP contribution is -2.29. The van der Waals surface area contributed by atoms with Gasteiger partial charge in [-0.05, 0) is 16.3 Å². The molecule has 0 aliphatic heterocycles. The zero-order valence-corrected chi connectivity index (χ0v) is 12.0. The number of rotatable bonds is 4. The molecule has 0 saturated heterocycles. The third-order valence-corrected chi connectivity index (χ3v) is 3.40. The number of nitrogens with one attached hydrogen (secondary N) is 1. The third kappa shape index (κ3) is 3.15. The van der Waals surface area contributed by atoms with Gasteiger partial charge in [-0.2, -0.15) is 8.42 Å². The second-order valence-corrected chi connectivity index (χ2v) is 5.96. The summed E-state index contributed by atoms with van der Waals surface area (Å²) in [7, 11) is -2.32. The van der Waals surface area contributed by atoms with Crippen LogP contribution in [0.25, 0.3) is 10.8 Å². The molecule has 0 heterocycles. The summed E-state index contributed by atoms with van der Waals surface area (Å²) in [6.45, 7) is 0. The first kappa shape index (κ1) is 14.5. The number of benzene rings is 2. The van der Waals surface area contributed by atoms with Gasteiger partial charge in [0.15, 0.2) is 6.10 Å². The van der Waals surface area contributed by atoms with E-state index >= 15 is 0 Å². The minimum absolute atomic E-state index is 0.508. The summed E-state index contributed by atoms with van der Waals surface area (Å²) in [6, 6.07) is 12.8. The maximum absolute atomic E-state index is 11.9. The molecule has 2 aromatic carbocycles. The zero-order valence-electron chi connectivity index (χ0n) is 11.2. The quantitative estimate of drug-likeness (QED) is 0.869. The Morgan fingerprint density at radius 1 is 1.15 bits per heavy atom. The van der Waals surface area contributed by atoms with Crippen LogP contribution >= 0.6 is 0 Å². The molecule has 0 aliphatic carbocycles. The van der Waals surface area contributed by atoms with Gasteiger partial charge in [0.05, 0.1) is 6.26 Å².